The van der Waals surface area contributed by atoms with E-state index >= 15 is 0 Å². The van der Waals surface area contributed by atoms with E-state index in [1.54, 1.807) is 36.4 Å². The second-order valence-corrected chi connectivity index (χ2v) is 7.30. The van der Waals surface area contributed by atoms with Gasteiger partial charge in [-0.05, 0) is 47.2 Å². The smallest absolute Gasteiger partial charge is 0.277 e. The van der Waals surface area contributed by atoms with Crippen molar-refractivity contribution >= 4 is 45.7 Å². The summed E-state index contributed by atoms with van der Waals surface area (Å²) in [4.78, 5) is 12.1. The number of aromatic nitrogens is 2. The number of hydrogen-bond donors (Lipinski definition) is 2. The number of phenolic OH excluding ortho intramolecular Hbond substituents is 1. The van der Waals surface area contributed by atoms with E-state index in [1.165, 1.54) is 0 Å². The van der Waals surface area contributed by atoms with Gasteiger partial charge in [-0.2, -0.15) is 0 Å². The van der Waals surface area contributed by atoms with E-state index in [9.17, 15) is 9.90 Å². The van der Waals surface area contributed by atoms with Gasteiger partial charge in [0.15, 0.2) is 0 Å². The molecule has 0 aliphatic carbocycles. The summed E-state index contributed by atoms with van der Waals surface area (Å²) in [5.74, 6) is 0.150. The van der Waals surface area contributed by atoms with Gasteiger partial charge in [-0.25, -0.2) is 0 Å². The minimum Gasteiger partial charge on any atom is -0.507 e. The molecule has 140 valence electrons. The molecule has 8 heteroatoms. The Morgan fingerprint density at radius 2 is 1.79 bits per heavy atom. The maximum atomic E-state index is 12.1. The summed E-state index contributed by atoms with van der Waals surface area (Å²) in [5.41, 5.74) is 1.10. The maximum absolute atomic E-state index is 12.1. The van der Waals surface area contributed by atoms with Crippen LogP contribution < -0.4 is 5.32 Å². The minimum absolute atomic E-state index is 0.0550. The van der Waals surface area contributed by atoms with Gasteiger partial charge in [-0.15, -0.1) is 10.2 Å². The normalized spacial score (nSPS) is 10.9. The fourth-order valence-electron chi connectivity index (χ4n) is 2.63. The Balaban J connectivity index is 1.44. The number of thioether (sulfide) groups is 1. The molecule has 0 saturated heterocycles. The Morgan fingerprint density at radius 3 is 2.54 bits per heavy atom. The number of benzene rings is 3. The van der Waals surface area contributed by atoms with Crippen LogP contribution in [0.2, 0.25) is 5.02 Å². The molecule has 4 rings (SSSR count). The van der Waals surface area contributed by atoms with Crippen LogP contribution in [-0.4, -0.2) is 27.0 Å². The van der Waals surface area contributed by atoms with Crippen molar-refractivity contribution in [2.45, 2.75) is 5.22 Å². The number of nitrogens with one attached hydrogen (secondary N) is 1. The number of halogens is 1. The number of aromatic hydroxyl groups is 1. The molecular formula is C20H14ClN3O3S. The van der Waals surface area contributed by atoms with Crippen molar-refractivity contribution in [1.29, 1.82) is 0 Å². The third kappa shape index (κ3) is 4.11. The number of anilines is 1. The standard InChI is InChI=1S/C20H14ClN3O3S/c21-14-5-7-15(8-6-14)22-18(26)11-28-20-24-23-19(27-20)16-9-12-3-1-2-4-13(12)10-17(16)25/h1-10,25H,11H2,(H,22,26). The lowest BCUT2D eigenvalue weighted by molar-refractivity contribution is -0.113. The third-order valence-electron chi connectivity index (χ3n) is 3.96. The minimum atomic E-state index is -0.208. The molecule has 0 aliphatic rings. The molecule has 6 nitrogen and oxygen atoms in total. The number of amides is 1. The van der Waals surface area contributed by atoms with Crippen LogP contribution in [0, 0.1) is 0 Å². The number of carbonyl (C=O) groups excluding carboxylic acids is 1. The molecule has 0 radical (unpaired) electrons. The van der Waals surface area contributed by atoms with Crippen LogP contribution in [0.15, 0.2) is 70.3 Å². The zero-order chi connectivity index (χ0) is 19.5. The summed E-state index contributed by atoms with van der Waals surface area (Å²) in [6.07, 6.45) is 0. The molecule has 3 aromatic carbocycles. The summed E-state index contributed by atoms with van der Waals surface area (Å²) < 4.78 is 5.60. The van der Waals surface area contributed by atoms with Crippen LogP contribution in [0.3, 0.4) is 0 Å². The Hall–Kier alpha value is -3.03. The summed E-state index contributed by atoms with van der Waals surface area (Å²) in [7, 11) is 0. The first-order valence-corrected chi connectivity index (χ1v) is 9.69. The summed E-state index contributed by atoms with van der Waals surface area (Å²) >= 11 is 6.94. The monoisotopic (exact) mass is 411 g/mol. The molecule has 1 aromatic heterocycles. The van der Waals surface area contributed by atoms with E-state index in [0.717, 1.165) is 22.5 Å². The number of carbonyl (C=O) groups is 1. The molecule has 28 heavy (non-hydrogen) atoms. The van der Waals surface area contributed by atoms with E-state index in [1.807, 2.05) is 24.3 Å². The predicted octanol–water partition coefficient (Wildman–Crippen LogP) is 4.98. The number of fused-ring (bicyclic) bond motifs is 1. The molecule has 0 spiro atoms. The lowest BCUT2D eigenvalue weighted by atomic mass is 10.1. The highest BCUT2D eigenvalue weighted by Gasteiger charge is 2.15. The second-order valence-electron chi connectivity index (χ2n) is 5.93. The van der Waals surface area contributed by atoms with Crippen LogP contribution in [0.5, 0.6) is 5.75 Å². The van der Waals surface area contributed by atoms with Gasteiger partial charge >= 0.3 is 0 Å². The molecule has 2 N–H and O–H groups in total. The lowest BCUT2D eigenvalue weighted by Gasteiger charge is -2.04. The first-order chi connectivity index (χ1) is 13.6. The fourth-order valence-corrected chi connectivity index (χ4v) is 3.32. The summed E-state index contributed by atoms with van der Waals surface area (Å²) in [6.45, 7) is 0. The van der Waals surface area contributed by atoms with Crippen molar-refractivity contribution in [2.75, 3.05) is 11.1 Å². The van der Waals surface area contributed by atoms with Crippen molar-refractivity contribution in [2.24, 2.45) is 0 Å². The SMILES string of the molecule is O=C(CSc1nnc(-c2cc3ccccc3cc2O)o1)Nc1ccc(Cl)cc1. The Morgan fingerprint density at radius 1 is 1.07 bits per heavy atom. The largest absolute Gasteiger partial charge is 0.507 e. The van der Waals surface area contributed by atoms with Gasteiger partial charge in [-0.3, -0.25) is 4.79 Å². The second kappa shape index (κ2) is 7.92. The van der Waals surface area contributed by atoms with Gasteiger partial charge in [0.25, 0.3) is 11.1 Å². The highest BCUT2D eigenvalue weighted by atomic mass is 35.5. The Kier molecular flexibility index (Phi) is 5.18. The maximum Gasteiger partial charge on any atom is 0.277 e. The molecule has 0 unspecified atom stereocenters. The van der Waals surface area contributed by atoms with Gasteiger partial charge in [0.2, 0.25) is 5.91 Å². The number of rotatable bonds is 5. The predicted molar refractivity (Wildman–Crippen MR) is 110 cm³/mol. The number of nitrogens with zero attached hydrogens (tertiary/aromatic N) is 2. The van der Waals surface area contributed by atoms with Crippen molar-refractivity contribution in [1.82, 2.24) is 10.2 Å². The average Bonchev–Trinajstić information content (AvgIpc) is 3.16. The van der Waals surface area contributed by atoms with E-state index < -0.39 is 0 Å². The van der Waals surface area contributed by atoms with E-state index in [0.29, 0.717) is 16.3 Å². The van der Waals surface area contributed by atoms with Crippen molar-refractivity contribution in [3.8, 4) is 17.2 Å². The van der Waals surface area contributed by atoms with Crippen molar-refractivity contribution in [3.63, 3.8) is 0 Å². The highest BCUT2D eigenvalue weighted by Crippen LogP contribution is 2.33. The molecule has 1 heterocycles. The Bertz CT molecular complexity index is 1150. The first kappa shape index (κ1) is 18.3. The molecule has 0 fully saturated rings. The molecule has 0 atom stereocenters. The van der Waals surface area contributed by atoms with Crippen LogP contribution in [0.4, 0.5) is 5.69 Å². The van der Waals surface area contributed by atoms with Crippen LogP contribution in [0.25, 0.3) is 22.2 Å². The zero-order valence-electron chi connectivity index (χ0n) is 14.4. The zero-order valence-corrected chi connectivity index (χ0v) is 16.0. The van der Waals surface area contributed by atoms with Gasteiger partial charge in [0, 0.05) is 10.7 Å². The van der Waals surface area contributed by atoms with Crippen LogP contribution >= 0.6 is 23.4 Å². The molecule has 4 aromatic rings. The van der Waals surface area contributed by atoms with Gasteiger partial charge < -0.3 is 14.8 Å². The van der Waals surface area contributed by atoms with E-state index in [-0.39, 0.29) is 28.5 Å². The molecular weight excluding hydrogens is 398 g/mol. The highest BCUT2D eigenvalue weighted by molar-refractivity contribution is 7.99. The molecule has 0 aliphatic heterocycles. The van der Waals surface area contributed by atoms with Gasteiger partial charge in [-0.1, -0.05) is 47.6 Å². The van der Waals surface area contributed by atoms with Gasteiger partial charge in [0.05, 0.1) is 11.3 Å². The fraction of sp³-hybridized carbons (Fsp3) is 0.0500. The summed E-state index contributed by atoms with van der Waals surface area (Å²) in [6, 6.07) is 17.9. The average molecular weight is 412 g/mol. The molecule has 1 amide bonds. The number of hydrogen-bond acceptors (Lipinski definition) is 6. The first-order valence-electron chi connectivity index (χ1n) is 8.32. The quantitative estimate of drug-likeness (QED) is 0.450. The van der Waals surface area contributed by atoms with Gasteiger partial charge in [0.1, 0.15) is 5.75 Å². The molecule has 0 saturated carbocycles. The third-order valence-corrected chi connectivity index (χ3v) is 5.03. The Labute approximate surface area is 169 Å². The van der Waals surface area contributed by atoms with Crippen LogP contribution in [0.1, 0.15) is 0 Å². The lowest BCUT2D eigenvalue weighted by Crippen LogP contribution is -2.13. The topological polar surface area (TPSA) is 88.2 Å². The van der Waals surface area contributed by atoms with Crippen molar-refractivity contribution in [3.05, 3.63) is 65.7 Å². The molecule has 0 bridgehead atoms. The van der Waals surface area contributed by atoms with Crippen molar-refractivity contribution < 1.29 is 14.3 Å². The van der Waals surface area contributed by atoms with E-state index in [2.05, 4.69) is 15.5 Å². The van der Waals surface area contributed by atoms with E-state index in [4.69, 9.17) is 16.0 Å². The van der Waals surface area contributed by atoms with Crippen LogP contribution in [-0.2, 0) is 4.79 Å². The number of phenols is 1. The summed E-state index contributed by atoms with van der Waals surface area (Å²) in [5, 5.41) is 23.7.